The fourth-order valence-corrected chi connectivity index (χ4v) is 1.16. The lowest BCUT2D eigenvalue weighted by atomic mass is 9.96. The number of carboxylic acids is 1. The zero-order valence-electron chi connectivity index (χ0n) is 7.60. The molecule has 4 nitrogen and oxygen atoms in total. The highest BCUT2D eigenvalue weighted by molar-refractivity contribution is 5.89. The van der Waals surface area contributed by atoms with Crippen LogP contribution in [0, 0.1) is 0 Å². The van der Waals surface area contributed by atoms with E-state index in [0.717, 1.165) is 0 Å². The molecular formula is C10H12N2O2. The third-order valence-electron chi connectivity index (χ3n) is 1.96. The van der Waals surface area contributed by atoms with Crippen molar-refractivity contribution in [2.45, 2.75) is 5.66 Å². The topological polar surface area (TPSA) is 89.3 Å². The summed E-state index contributed by atoms with van der Waals surface area (Å²) in [5, 5.41) is 8.88. The van der Waals surface area contributed by atoms with Crippen LogP contribution in [0.25, 0.3) is 0 Å². The number of nitrogens with two attached hydrogens (primary N) is 2. The molecule has 1 aromatic carbocycles. The SMILES string of the molecule is C=CC(N)(N)c1ccccc1C(=O)O. The second-order valence-electron chi connectivity index (χ2n) is 2.99. The molecule has 0 heterocycles. The lowest BCUT2D eigenvalue weighted by Crippen LogP contribution is -2.44. The zero-order chi connectivity index (χ0) is 10.8. The lowest BCUT2D eigenvalue weighted by Gasteiger charge is -2.22. The Morgan fingerprint density at radius 1 is 1.43 bits per heavy atom. The quantitative estimate of drug-likeness (QED) is 0.484. The molecule has 1 rings (SSSR count). The van der Waals surface area contributed by atoms with E-state index in [1.807, 2.05) is 0 Å². The minimum absolute atomic E-state index is 0.0948. The second kappa shape index (κ2) is 3.61. The van der Waals surface area contributed by atoms with Crippen LogP contribution in [0.2, 0.25) is 0 Å². The van der Waals surface area contributed by atoms with Crippen molar-refractivity contribution in [1.29, 1.82) is 0 Å². The number of carbonyl (C=O) groups is 1. The molecule has 1 aromatic rings. The Hall–Kier alpha value is -1.65. The minimum atomic E-state index is -1.31. The predicted octanol–water partition coefficient (Wildman–Crippen LogP) is 0.641. The second-order valence-corrected chi connectivity index (χ2v) is 2.99. The first-order chi connectivity index (χ1) is 6.49. The summed E-state index contributed by atoms with van der Waals surface area (Å²) in [6.45, 7) is 3.47. The van der Waals surface area contributed by atoms with Crippen molar-refractivity contribution < 1.29 is 9.90 Å². The van der Waals surface area contributed by atoms with Gasteiger partial charge in [-0.15, -0.1) is 0 Å². The predicted molar refractivity (Wildman–Crippen MR) is 53.7 cm³/mol. The maximum absolute atomic E-state index is 10.8. The number of hydrogen-bond donors (Lipinski definition) is 3. The molecule has 0 saturated heterocycles. The van der Waals surface area contributed by atoms with E-state index < -0.39 is 11.6 Å². The van der Waals surface area contributed by atoms with E-state index in [1.165, 1.54) is 12.1 Å². The first-order valence-corrected chi connectivity index (χ1v) is 4.03. The molecule has 0 aliphatic carbocycles. The summed E-state index contributed by atoms with van der Waals surface area (Å²) in [7, 11) is 0. The van der Waals surface area contributed by atoms with Crippen LogP contribution in [-0.4, -0.2) is 11.1 Å². The number of carboxylic acid groups (broad SMARTS) is 1. The van der Waals surface area contributed by atoms with Crippen molar-refractivity contribution in [1.82, 2.24) is 0 Å². The van der Waals surface area contributed by atoms with Gasteiger partial charge in [-0.3, -0.25) is 0 Å². The largest absolute Gasteiger partial charge is 0.478 e. The van der Waals surface area contributed by atoms with Gasteiger partial charge >= 0.3 is 5.97 Å². The number of rotatable bonds is 3. The number of aromatic carboxylic acids is 1. The fourth-order valence-electron chi connectivity index (χ4n) is 1.16. The molecule has 0 aliphatic rings. The van der Waals surface area contributed by atoms with Gasteiger partial charge in [0.1, 0.15) is 5.66 Å². The van der Waals surface area contributed by atoms with Gasteiger partial charge < -0.3 is 16.6 Å². The zero-order valence-corrected chi connectivity index (χ0v) is 7.60. The van der Waals surface area contributed by atoms with Crippen molar-refractivity contribution in [2.24, 2.45) is 11.5 Å². The molecule has 5 N–H and O–H groups in total. The third-order valence-corrected chi connectivity index (χ3v) is 1.96. The maximum Gasteiger partial charge on any atom is 0.336 e. The molecule has 0 aliphatic heterocycles. The van der Waals surface area contributed by atoms with Gasteiger partial charge in [0.2, 0.25) is 0 Å². The number of hydrogen-bond acceptors (Lipinski definition) is 3. The summed E-state index contributed by atoms with van der Waals surface area (Å²) >= 11 is 0. The number of benzene rings is 1. The van der Waals surface area contributed by atoms with Crippen LogP contribution in [0.3, 0.4) is 0 Å². The highest BCUT2D eigenvalue weighted by Crippen LogP contribution is 2.18. The molecule has 0 bridgehead atoms. The van der Waals surface area contributed by atoms with E-state index >= 15 is 0 Å². The monoisotopic (exact) mass is 192 g/mol. The Labute approximate surface area is 81.8 Å². The average molecular weight is 192 g/mol. The van der Waals surface area contributed by atoms with Gasteiger partial charge in [-0.05, 0) is 6.07 Å². The van der Waals surface area contributed by atoms with Gasteiger partial charge in [0, 0.05) is 5.56 Å². The molecule has 0 atom stereocenters. The third kappa shape index (κ3) is 1.81. The van der Waals surface area contributed by atoms with Crippen LogP contribution in [0.4, 0.5) is 0 Å². The molecule has 0 fully saturated rings. The normalized spacial score (nSPS) is 11.0. The van der Waals surface area contributed by atoms with Crippen LogP contribution >= 0.6 is 0 Å². The summed E-state index contributed by atoms with van der Waals surface area (Å²) in [5.74, 6) is -1.05. The first kappa shape index (κ1) is 10.4. The average Bonchev–Trinajstić information content (AvgIpc) is 2.18. The summed E-state index contributed by atoms with van der Waals surface area (Å²) in [6, 6.07) is 6.33. The molecule has 0 saturated carbocycles. The molecule has 0 aromatic heterocycles. The minimum Gasteiger partial charge on any atom is -0.478 e. The molecule has 14 heavy (non-hydrogen) atoms. The van der Waals surface area contributed by atoms with Gasteiger partial charge in [-0.1, -0.05) is 30.9 Å². The highest BCUT2D eigenvalue weighted by atomic mass is 16.4. The Balaban J connectivity index is 3.33. The van der Waals surface area contributed by atoms with Crippen molar-refractivity contribution in [3.63, 3.8) is 0 Å². The summed E-state index contributed by atoms with van der Waals surface area (Å²) in [6.07, 6.45) is 1.31. The van der Waals surface area contributed by atoms with Crippen molar-refractivity contribution in [3.8, 4) is 0 Å². The van der Waals surface area contributed by atoms with Crippen LogP contribution in [0.5, 0.6) is 0 Å². The Morgan fingerprint density at radius 3 is 2.50 bits per heavy atom. The van der Waals surface area contributed by atoms with Gasteiger partial charge in [0.25, 0.3) is 0 Å². The van der Waals surface area contributed by atoms with Gasteiger partial charge in [0.05, 0.1) is 5.56 Å². The summed E-state index contributed by atoms with van der Waals surface area (Å²) in [4.78, 5) is 10.8. The van der Waals surface area contributed by atoms with Crippen molar-refractivity contribution >= 4 is 5.97 Å². The molecule has 0 radical (unpaired) electrons. The van der Waals surface area contributed by atoms with Crippen molar-refractivity contribution in [2.75, 3.05) is 0 Å². The Kier molecular flexibility index (Phi) is 2.69. The van der Waals surface area contributed by atoms with Gasteiger partial charge in [-0.25, -0.2) is 4.79 Å². The fraction of sp³-hybridized carbons (Fsp3) is 0.100. The van der Waals surface area contributed by atoms with E-state index in [2.05, 4.69) is 6.58 Å². The highest BCUT2D eigenvalue weighted by Gasteiger charge is 2.23. The summed E-state index contributed by atoms with van der Waals surface area (Å²) in [5.41, 5.74) is 10.5. The van der Waals surface area contributed by atoms with Crippen LogP contribution in [-0.2, 0) is 5.66 Å². The van der Waals surface area contributed by atoms with Crippen LogP contribution in [0.1, 0.15) is 15.9 Å². The van der Waals surface area contributed by atoms with Gasteiger partial charge in [-0.2, -0.15) is 0 Å². The molecular weight excluding hydrogens is 180 g/mol. The first-order valence-electron chi connectivity index (χ1n) is 4.03. The van der Waals surface area contributed by atoms with Crippen LogP contribution < -0.4 is 11.5 Å². The van der Waals surface area contributed by atoms with Gasteiger partial charge in [0.15, 0.2) is 0 Å². The molecule has 0 unspecified atom stereocenters. The van der Waals surface area contributed by atoms with E-state index in [9.17, 15) is 4.79 Å². The van der Waals surface area contributed by atoms with E-state index in [4.69, 9.17) is 16.6 Å². The van der Waals surface area contributed by atoms with E-state index in [-0.39, 0.29) is 5.56 Å². The Morgan fingerprint density at radius 2 is 2.00 bits per heavy atom. The molecule has 0 amide bonds. The molecule has 0 spiro atoms. The van der Waals surface area contributed by atoms with Crippen LogP contribution in [0.15, 0.2) is 36.9 Å². The molecule has 74 valence electrons. The maximum atomic E-state index is 10.8. The van der Waals surface area contributed by atoms with E-state index in [0.29, 0.717) is 5.56 Å². The summed E-state index contributed by atoms with van der Waals surface area (Å²) < 4.78 is 0. The Bertz CT molecular complexity index is 372. The smallest absolute Gasteiger partial charge is 0.336 e. The standard InChI is InChI=1S/C10H12N2O2/c1-2-10(11,12)8-6-4-3-5-7(8)9(13)14/h2-6H,1,11-12H2,(H,13,14). The lowest BCUT2D eigenvalue weighted by molar-refractivity contribution is 0.0694. The van der Waals surface area contributed by atoms with Crippen molar-refractivity contribution in [3.05, 3.63) is 48.0 Å². The van der Waals surface area contributed by atoms with E-state index in [1.54, 1.807) is 18.2 Å². The molecule has 4 heteroatoms.